The molecule has 0 atom stereocenters. The first-order valence-corrected chi connectivity index (χ1v) is 6.59. The number of amides is 1. The fourth-order valence-electron chi connectivity index (χ4n) is 2.21. The van der Waals surface area contributed by atoms with Crippen LogP contribution in [0.2, 0.25) is 0 Å². The second-order valence-electron chi connectivity index (χ2n) is 4.40. The van der Waals surface area contributed by atoms with Crippen molar-refractivity contribution >= 4 is 39.1 Å². The number of hydrogen-bond acceptors (Lipinski definition) is 6. The molecule has 0 spiro atoms. The third-order valence-corrected chi connectivity index (χ3v) is 3.57. The molecule has 1 aliphatic carbocycles. The quantitative estimate of drug-likeness (QED) is 0.648. The van der Waals surface area contributed by atoms with Crippen molar-refractivity contribution in [3.63, 3.8) is 0 Å². The van der Waals surface area contributed by atoms with Crippen LogP contribution in [-0.4, -0.2) is 27.7 Å². The molecule has 1 aromatic carbocycles. The highest BCUT2D eigenvalue weighted by molar-refractivity contribution is 9.10. The van der Waals surface area contributed by atoms with Gasteiger partial charge in [-0.05, 0) is 28.1 Å². The number of nitrogens with one attached hydrogen (secondary N) is 1. The van der Waals surface area contributed by atoms with Gasteiger partial charge >= 0.3 is 0 Å². The minimum absolute atomic E-state index is 0.0391. The number of rotatable bonds is 1. The van der Waals surface area contributed by atoms with E-state index in [4.69, 9.17) is 4.52 Å². The number of anilines is 1. The van der Waals surface area contributed by atoms with Gasteiger partial charge in [-0.1, -0.05) is 5.16 Å². The largest absolute Gasteiger partial charge is 0.507 e. The van der Waals surface area contributed by atoms with Crippen LogP contribution < -0.4 is 5.32 Å². The minimum atomic E-state index is -0.627. The molecule has 0 aliphatic heterocycles. The fourth-order valence-corrected chi connectivity index (χ4v) is 2.64. The van der Waals surface area contributed by atoms with E-state index in [1.807, 2.05) is 0 Å². The van der Waals surface area contributed by atoms with Crippen LogP contribution in [0.3, 0.4) is 0 Å². The summed E-state index contributed by atoms with van der Waals surface area (Å²) in [5.41, 5.74) is -0.191. The fraction of sp³-hybridized carbons (Fsp3) is 0.0769. The van der Waals surface area contributed by atoms with Crippen molar-refractivity contribution in [1.29, 1.82) is 0 Å². The van der Waals surface area contributed by atoms with E-state index >= 15 is 0 Å². The molecular weight excluding hydrogens is 344 g/mol. The molecule has 1 heterocycles. The molecule has 0 fully saturated rings. The topological polar surface area (TPSA) is 110 Å². The number of carbonyl (C=O) groups is 3. The summed E-state index contributed by atoms with van der Waals surface area (Å²) in [6.07, 6.45) is 0. The summed E-state index contributed by atoms with van der Waals surface area (Å²) in [6, 6.07) is 2.58. The number of halogens is 1. The van der Waals surface area contributed by atoms with E-state index in [2.05, 4.69) is 26.4 Å². The standard InChI is InChI=1S/C13H7BrN2O5/c1-4(17)15-5-2-3-6(18)8-7(5)11(20)12-9(10(8)19)13(14)16-21-12/h2-3,18H,1H3,(H,15,17). The van der Waals surface area contributed by atoms with Gasteiger partial charge in [0.2, 0.25) is 23.2 Å². The van der Waals surface area contributed by atoms with Gasteiger partial charge in [-0.15, -0.1) is 0 Å². The SMILES string of the molecule is CC(=O)Nc1ccc(O)c2c1C(=O)c1onc(Br)c1C2=O. The van der Waals surface area contributed by atoms with Gasteiger partial charge in [0.05, 0.1) is 16.8 Å². The van der Waals surface area contributed by atoms with E-state index in [0.29, 0.717) is 0 Å². The molecule has 0 bridgehead atoms. The Labute approximate surface area is 126 Å². The number of aromatic hydroxyl groups is 1. The molecule has 106 valence electrons. The summed E-state index contributed by atoms with van der Waals surface area (Å²) in [6.45, 7) is 1.27. The summed E-state index contributed by atoms with van der Waals surface area (Å²) in [4.78, 5) is 36.1. The molecule has 0 radical (unpaired) electrons. The number of aromatic nitrogens is 1. The number of fused-ring (bicyclic) bond motifs is 2. The number of benzene rings is 1. The summed E-state index contributed by atoms with van der Waals surface area (Å²) < 4.78 is 4.95. The number of phenolic OH excluding ortho intramolecular Hbond substituents is 1. The predicted molar refractivity (Wildman–Crippen MR) is 73.5 cm³/mol. The maximum Gasteiger partial charge on any atom is 0.234 e. The lowest BCUT2D eigenvalue weighted by atomic mass is 9.87. The summed E-state index contributed by atoms with van der Waals surface area (Å²) in [5, 5.41) is 15.9. The first-order chi connectivity index (χ1) is 9.91. The molecule has 3 rings (SSSR count). The summed E-state index contributed by atoms with van der Waals surface area (Å²) in [5.74, 6) is -2.21. The van der Waals surface area contributed by atoms with Crippen molar-refractivity contribution in [1.82, 2.24) is 5.16 Å². The highest BCUT2D eigenvalue weighted by Crippen LogP contribution is 2.39. The zero-order chi connectivity index (χ0) is 15.3. The average Bonchev–Trinajstić information content (AvgIpc) is 2.80. The molecule has 8 heteroatoms. The van der Waals surface area contributed by atoms with Gasteiger partial charge in [0, 0.05) is 6.92 Å². The van der Waals surface area contributed by atoms with Crippen LogP contribution in [-0.2, 0) is 4.79 Å². The second-order valence-corrected chi connectivity index (χ2v) is 5.15. The Morgan fingerprint density at radius 1 is 1.24 bits per heavy atom. The molecule has 21 heavy (non-hydrogen) atoms. The number of hydrogen-bond donors (Lipinski definition) is 2. The van der Waals surface area contributed by atoms with Gasteiger partial charge < -0.3 is 14.9 Å². The van der Waals surface area contributed by atoms with Crippen molar-refractivity contribution in [3.05, 3.63) is 39.2 Å². The lowest BCUT2D eigenvalue weighted by Gasteiger charge is -2.17. The molecule has 0 unspecified atom stereocenters. The molecular formula is C13H7BrN2O5. The third kappa shape index (κ3) is 1.87. The highest BCUT2D eigenvalue weighted by Gasteiger charge is 2.39. The van der Waals surface area contributed by atoms with Gasteiger partial charge in [-0.3, -0.25) is 14.4 Å². The Balaban J connectivity index is 2.32. The molecule has 7 nitrogen and oxygen atoms in total. The van der Waals surface area contributed by atoms with E-state index in [1.165, 1.54) is 19.1 Å². The zero-order valence-electron chi connectivity index (χ0n) is 10.6. The van der Waals surface area contributed by atoms with E-state index in [1.54, 1.807) is 0 Å². The van der Waals surface area contributed by atoms with Crippen molar-refractivity contribution in [2.75, 3.05) is 5.32 Å². The van der Waals surface area contributed by atoms with Crippen LogP contribution >= 0.6 is 15.9 Å². The van der Waals surface area contributed by atoms with Crippen molar-refractivity contribution in [3.8, 4) is 5.75 Å². The van der Waals surface area contributed by atoms with Crippen LogP contribution in [0.15, 0.2) is 21.3 Å². The monoisotopic (exact) mass is 350 g/mol. The maximum absolute atomic E-state index is 12.5. The zero-order valence-corrected chi connectivity index (χ0v) is 12.1. The molecule has 1 amide bonds. The Morgan fingerprint density at radius 2 is 1.95 bits per heavy atom. The van der Waals surface area contributed by atoms with Gasteiger partial charge in [-0.2, -0.15) is 0 Å². The highest BCUT2D eigenvalue weighted by atomic mass is 79.9. The average molecular weight is 351 g/mol. The van der Waals surface area contributed by atoms with Gasteiger partial charge in [0.1, 0.15) is 11.3 Å². The van der Waals surface area contributed by atoms with Gasteiger partial charge in [0.25, 0.3) is 0 Å². The number of nitrogens with zero attached hydrogens (tertiary/aromatic N) is 1. The summed E-state index contributed by atoms with van der Waals surface area (Å²) >= 11 is 3.03. The lowest BCUT2D eigenvalue weighted by molar-refractivity contribution is -0.114. The van der Waals surface area contributed by atoms with Gasteiger partial charge in [-0.25, -0.2) is 0 Å². The van der Waals surface area contributed by atoms with Crippen molar-refractivity contribution < 1.29 is 24.0 Å². The van der Waals surface area contributed by atoms with Crippen LogP contribution in [0, 0.1) is 0 Å². The normalized spacial score (nSPS) is 12.9. The van der Waals surface area contributed by atoms with E-state index < -0.39 is 17.5 Å². The van der Waals surface area contributed by atoms with Crippen LogP contribution in [0.4, 0.5) is 5.69 Å². The van der Waals surface area contributed by atoms with E-state index in [9.17, 15) is 19.5 Å². The number of carbonyl (C=O) groups excluding carboxylic acids is 3. The van der Waals surface area contributed by atoms with Crippen molar-refractivity contribution in [2.45, 2.75) is 6.92 Å². The number of phenols is 1. The smallest absolute Gasteiger partial charge is 0.234 e. The van der Waals surface area contributed by atoms with Gasteiger partial charge in [0.15, 0.2) is 4.60 Å². The third-order valence-electron chi connectivity index (χ3n) is 3.03. The number of ketones is 2. The molecule has 2 N–H and O–H groups in total. The molecule has 0 saturated carbocycles. The Kier molecular flexibility index (Phi) is 2.91. The minimum Gasteiger partial charge on any atom is -0.507 e. The Morgan fingerprint density at radius 3 is 2.62 bits per heavy atom. The predicted octanol–water partition coefficient (Wildman–Crippen LogP) is 1.88. The first kappa shape index (κ1) is 13.5. The van der Waals surface area contributed by atoms with E-state index in [0.717, 1.165) is 0 Å². The molecule has 2 aromatic rings. The van der Waals surface area contributed by atoms with Crippen molar-refractivity contribution in [2.24, 2.45) is 0 Å². The molecule has 0 saturated heterocycles. The van der Waals surface area contributed by atoms with Crippen LogP contribution in [0.5, 0.6) is 5.75 Å². The van der Waals surface area contributed by atoms with E-state index in [-0.39, 0.29) is 38.5 Å². The second kappa shape index (κ2) is 4.52. The lowest BCUT2D eigenvalue weighted by Crippen LogP contribution is -2.22. The Bertz CT molecular complexity index is 824. The summed E-state index contributed by atoms with van der Waals surface area (Å²) in [7, 11) is 0. The molecule has 1 aliphatic rings. The first-order valence-electron chi connectivity index (χ1n) is 5.80. The van der Waals surface area contributed by atoms with Crippen LogP contribution in [0.25, 0.3) is 0 Å². The molecule has 1 aromatic heterocycles. The maximum atomic E-state index is 12.5. The Hall–Kier alpha value is -2.48. The van der Waals surface area contributed by atoms with Crippen LogP contribution in [0.1, 0.15) is 39.0 Å².